The third kappa shape index (κ3) is 4.62. The topological polar surface area (TPSA) is 94.1 Å². The molecule has 8 heteroatoms. The van der Waals surface area contributed by atoms with Crippen LogP contribution in [0.25, 0.3) is 0 Å². The number of aromatic hydroxyl groups is 1. The number of Topliss-reactive ketones (excluding diaryl/α,β-unsaturated/α-hetero) is 1. The molecule has 7 nitrogen and oxygen atoms in total. The summed E-state index contributed by atoms with van der Waals surface area (Å²) in [5.41, 5.74) is 2.70. The number of ketones is 1. The van der Waals surface area contributed by atoms with E-state index < -0.39 is 11.9 Å². The van der Waals surface area contributed by atoms with Gasteiger partial charge < -0.3 is 24.6 Å². The normalized spacial score (nSPS) is 24.5. The van der Waals surface area contributed by atoms with Gasteiger partial charge in [0.2, 0.25) is 0 Å². The van der Waals surface area contributed by atoms with Gasteiger partial charge in [-0.25, -0.2) is 4.79 Å². The number of phenolic OH excluding ortho intramolecular Hbond substituents is 1. The molecule has 33 heavy (non-hydrogen) atoms. The van der Waals surface area contributed by atoms with Gasteiger partial charge in [-0.1, -0.05) is 25.4 Å². The van der Waals surface area contributed by atoms with Gasteiger partial charge >= 0.3 is 5.97 Å². The molecule has 2 aliphatic heterocycles. The molecule has 2 heterocycles. The van der Waals surface area contributed by atoms with E-state index in [1.54, 1.807) is 12.1 Å². The van der Waals surface area contributed by atoms with Crippen molar-refractivity contribution in [1.29, 1.82) is 0 Å². The van der Waals surface area contributed by atoms with Crippen molar-refractivity contribution >= 4 is 23.4 Å². The summed E-state index contributed by atoms with van der Waals surface area (Å²) in [5.74, 6) is -1.24. The number of methoxy groups -OCH3 is 1. The zero-order valence-corrected chi connectivity index (χ0v) is 20.2. The number of rotatable bonds is 5. The van der Waals surface area contributed by atoms with Crippen LogP contribution in [0.3, 0.4) is 0 Å². The summed E-state index contributed by atoms with van der Waals surface area (Å²) in [6.45, 7) is 6.74. The van der Waals surface area contributed by atoms with Crippen LogP contribution in [0.5, 0.6) is 11.5 Å². The molecular formula is C25H30ClNO6. The fourth-order valence-electron chi connectivity index (χ4n) is 4.98. The zero-order chi connectivity index (χ0) is 23.9. The average molecular weight is 476 g/mol. The van der Waals surface area contributed by atoms with Crippen LogP contribution >= 0.6 is 11.6 Å². The average Bonchev–Trinajstić information content (AvgIpc) is 3.25. The maximum absolute atomic E-state index is 13.4. The van der Waals surface area contributed by atoms with Crippen molar-refractivity contribution in [3.63, 3.8) is 0 Å². The third-order valence-electron chi connectivity index (χ3n) is 6.49. The van der Waals surface area contributed by atoms with E-state index in [2.05, 4.69) is 19.2 Å². The van der Waals surface area contributed by atoms with Crippen molar-refractivity contribution in [1.82, 2.24) is 5.32 Å². The van der Waals surface area contributed by atoms with E-state index >= 15 is 0 Å². The molecule has 3 aliphatic rings. The molecule has 1 aromatic rings. The molecule has 0 unspecified atom stereocenters. The Balaban J connectivity index is 1.79. The van der Waals surface area contributed by atoms with Crippen molar-refractivity contribution in [2.75, 3.05) is 20.3 Å². The quantitative estimate of drug-likeness (QED) is 0.610. The minimum absolute atomic E-state index is 0.0289. The lowest BCUT2D eigenvalue weighted by atomic mass is 9.68. The molecule has 0 spiro atoms. The van der Waals surface area contributed by atoms with Crippen LogP contribution in [0, 0.1) is 5.41 Å². The highest BCUT2D eigenvalue weighted by atomic mass is 35.5. The van der Waals surface area contributed by atoms with Crippen LogP contribution in [0.1, 0.15) is 57.9 Å². The standard InChI is InChI=1S/C25H30ClNO6/c1-13-20(24(30)33-12-15-6-5-7-32-15)21(14-8-16(26)23(29)19(9-14)31-4)22-17(27-13)10-25(2,3)11-18(22)28/h8-9,15,21,27,29H,5-7,10-12H2,1-4H3/t15-,21+/m1/s1. The van der Waals surface area contributed by atoms with Crippen molar-refractivity contribution in [3.05, 3.63) is 45.3 Å². The van der Waals surface area contributed by atoms with Gasteiger partial charge in [0.25, 0.3) is 0 Å². The number of nitrogens with one attached hydrogen (secondary N) is 1. The van der Waals surface area contributed by atoms with E-state index in [4.69, 9.17) is 25.8 Å². The largest absolute Gasteiger partial charge is 0.503 e. The fourth-order valence-corrected chi connectivity index (χ4v) is 5.20. The second-order valence-corrected chi connectivity index (χ2v) is 10.1. The summed E-state index contributed by atoms with van der Waals surface area (Å²) in [7, 11) is 1.43. The second-order valence-electron chi connectivity index (χ2n) is 9.72. The maximum Gasteiger partial charge on any atom is 0.336 e. The Morgan fingerprint density at radius 3 is 2.76 bits per heavy atom. The lowest BCUT2D eigenvalue weighted by Gasteiger charge is -2.39. The summed E-state index contributed by atoms with van der Waals surface area (Å²) >= 11 is 6.29. The number of phenols is 1. The summed E-state index contributed by atoms with van der Waals surface area (Å²) in [6, 6.07) is 3.20. The van der Waals surface area contributed by atoms with Crippen LogP contribution in [-0.4, -0.2) is 43.3 Å². The number of halogens is 1. The van der Waals surface area contributed by atoms with Gasteiger partial charge in [0.05, 0.1) is 23.8 Å². The number of esters is 1. The van der Waals surface area contributed by atoms with E-state index in [0.29, 0.717) is 41.9 Å². The van der Waals surface area contributed by atoms with Crippen LogP contribution < -0.4 is 10.1 Å². The number of ether oxygens (including phenoxy) is 3. The summed E-state index contributed by atoms with van der Waals surface area (Å²) < 4.78 is 16.5. The molecule has 2 N–H and O–H groups in total. The number of carbonyl (C=O) groups is 2. The first-order chi connectivity index (χ1) is 15.6. The van der Waals surface area contributed by atoms with Crippen LogP contribution in [0.15, 0.2) is 34.7 Å². The van der Waals surface area contributed by atoms with Gasteiger partial charge in [-0.2, -0.15) is 0 Å². The summed E-state index contributed by atoms with van der Waals surface area (Å²) in [6.07, 6.45) is 2.72. The third-order valence-corrected chi connectivity index (χ3v) is 6.78. The van der Waals surface area contributed by atoms with Gasteiger partial charge in [-0.05, 0) is 49.3 Å². The predicted molar refractivity (Wildman–Crippen MR) is 123 cm³/mol. The molecule has 4 rings (SSSR count). The fraction of sp³-hybridized carbons (Fsp3) is 0.520. The first-order valence-electron chi connectivity index (χ1n) is 11.2. The van der Waals surface area contributed by atoms with Crippen molar-refractivity contribution < 1.29 is 28.9 Å². The van der Waals surface area contributed by atoms with Gasteiger partial charge in [-0.15, -0.1) is 0 Å². The molecular weight excluding hydrogens is 446 g/mol. The maximum atomic E-state index is 13.4. The molecule has 2 atom stereocenters. The lowest BCUT2D eigenvalue weighted by molar-refractivity contribution is -0.142. The van der Waals surface area contributed by atoms with E-state index in [1.807, 2.05) is 6.92 Å². The van der Waals surface area contributed by atoms with Gasteiger partial charge in [0.15, 0.2) is 17.3 Å². The number of benzene rings is 1. The minimum atomic E-state index is -0.686. The molecule has 178 valence electrons. The Labute approximate surface area is 198 Å². The molecule has 1 saturated heterocycles. The molecule has 0 aromatic heterocycles. The summed E-state index contributed by atoms with van der Waals surface area (Å²) in [4.78, 5) is 26.7. The van der Waals surface area contributed by atoms with Crippen molar-refractivity contribution in [2.45, 2.75) is 58.5 Å². The highest BCUT2D eigenvalue weighted by molar-refractivity contribution is 6.32. The van der Waals surface area contributed by atoms with E-state index in [0.717, 1.165) is 18.5 Å². The molecule has 1 aromatic carbocycles. The van der Waals surface area contributed by atoms with E-state index in [9.17, 15) is 14.7 Å². The lowest BCUT2D eigenvalue weighted by Crippen LogP contribution is -2.39. The monoisotopic (exact) mass is 475 g/mol. The molecule has 0 saturated carbocycles. The molecule has 0 amide bonds. The van der Waals surface area contributed by atoms with Crippen molar-refractivity contribution in [3.8, 4) is 11.5 Å². The number of dihydropyridines is 1. The molecule has 0 bridgehead atoms. The number of allylic oxidation sites excluding steroid dienone is 3. The Bertz CT molecular complexity index is 1050. The van der Waals surface area contributed by atoms with E-state index in [-0.39, 0.29) is 40.4 Å². The summed E-state index contributed by atoms with van der Waals surface area (Å²) in [5, 5.41) is 13.6. The molecule has 1 fully saturated rings. The van der Waals surface area contributed by atoms with Gasteiger partial charge in [0, 0.05) is 35.9 Å². The Morgan fingerprint density at radius 2 is 2.09 bits per heavy atom. The van der Waals surface area contributed by atoms with E-state index in [1.165, 1.54) is 7.11 Å². The zero-order valence-electron chi connectivity index (χ0n) is 19.4. The van der Waals surface area contributed by atoms with Gasteiger partial charge in [-0.3, -0.25) is 4.79 Å². The molecule has 1 aliphatic carbocycles. The highest BCUT2D eigenvalue weighted by Crippen LogP contribution is 2.49. The highest BCUT2D eigenvalue weighted by Gasteiger charge is 2.43. The molecule has 0 radical (unpaired) electrons. The second kappa shape index (κ2) is 9.03. The van der Waals surface area contributed by atoms with Crippen molar-refractivity contribution in [2.24, 2.45) is 5.41 Å². The number of carbonyl (C=O) groups excluding carboxylic acids is 2. The SMILES string of the molecule is COc1cc([C@H]2C(C(=O)OC[C@H]3CCCO3)=C(C)NC3=C2C(=O)CC(C)(C)C3)cc(Cl)c1O. The Morgan fingerprint density at radius 1 is 1.33 bits per heavy atom. The Kier molecular flexibility index (Phi) is 6.47. The first-order valence-corrected chi connectivity index (χ1v) is 11.6. The van der Waals surface area contributed by atoms with Crippen LogP contribution in [0.2, 0.25) is 5.02 Å². The first kappa shape index (κ1) is 23.6. The Hall–Kier alpha value is -2.51. The minimum Gasteiger partial charge on any atom is -0.503 e. The number of hydrogen-bond donors (Lipinski definition) is 2. The van der Waals surface area contributed by atoms with Crippen LogP contribution in [0.4, 0.5) is 0 Å². The smallest absolute Gasteiger partial charge is 0.336 e. The number of hydrogen-bond acceptors (Lipinski definition) is 7. The van der Waals surface area contributed by atoms with Gasteiger partial charge in [0.1, 0.15) is 6.61 Å². The van der Waals surface area contributed by atoms with Crippen LogP contribution in [-0.2, 0) is 19.1 Å². The predicted octanol–water partition coefficient (Wildman–Crippen LogP) is 4.38.